The number of imide groups is 1. The summed E-state index contributed by atoms with van der Waals surface area (Å²) in [5, 5.41) is 2.06. The lowest BCUT2D eigenvalue weighted by molar-refractivity contribution is -0.122. The Morgan fingerprint density at radius 1 is 1.16 bits per heavy atom. The molecule has 1 saturated heterocycles. The summed E-state index contributed by atoms with van der Waals surface area (Å²) >= 11 is 0.748. The largest absolute Gasteiger partial charge is 0.493 e. The average Bonchev–Trinajstić information content (AvgIpc) is 3.02. The standard InChI is InChI=1S/C21H17F3N2O5S/c1-30-16-11-13(4-7-15(16)31-20(23)24)18(27)25-8-9-26-19(28)17(32-21(26)29)10-12-2-5-14(22)6-3-12/h2-7,10-11,20H,8-9H2,1H3,(H,25,27)/b17-10+. The van der Waals surface area contributed by atoms with Crippen LogP contribution >= 0.6 is 11.8 Å². The van der Waals surface area contributed by atoms with Gasteiger partial charge in [0.1, 0.15) is 5.82 Å². The zero-order valence-electron chi connectivity index (χ0n) is 16.6. The molecule has 3 amide bonds. The van der Waals surface area contributed by atoms with Crippen molar-refractivity contribution in [3.05, 3.63) is 64.3 Å². The number of carbonyl (C=O) groups excluding carboxylic acids is 3. The molecule has 1 N–H and O–H groups in total. The maximum atomic E-state index is 13.0. The van der Waals surface area contributed by atoms with Crippen molar-refractivity contribution in [2.24, 2.45) is 0 Å². The van der Waals surface area contributed by atoms with Gasteiger partial charge in [-0.2, -0.15) is 8.78 Å². The maximum absolute atomic E-state index is 13.0. The molecule has 1 fully saturated rings. The predicted molar refractivity (Wildman–Crippen MR) is 111 cm³/mol. The molecule has 1 aliphatic heterocycles. The smallest absolute Gasteiger partial charge is 0.387 e. The average molecular weight is 466 g/mol. The molecule has 0 bridgehead atoms. The molecule has 168 valence electrons. The molecule has 1 heterocycles. The third-order valence-electron chi connectivity index (χ3n) is 4.30. The van der Waals surface area contributed by atoms with Crippen LogP contribution in [0.2, 0.25) is 0 Å². The molecule has 0 radical (unpaired) electrons. The molecule has 11 heteroatoms. The van der Waals surface area contributed by atoms with Gasteiger partial charge in [-0.1, -0.05) is 12.1 Å². The van der Waals surface area contributed by atoms with Gasteiger partial charge in [0.25, 0.3) is 17.1 Å². The molecule has 0 atom stereocenters. The molecular formula is C21H17F3N2O5S. The highest BCUT2D eigenvalue weighted by Gasteiger charge is 2.34. The van der Waals surface area contributed by atoms with Crippen molar-refractivity contribution in [3.8, 4) is 11.5 Å². The summed E-state index contributed by atoms with van der Waals surface area (Å²) in [5.74, 6) is -1.76. The van der Waals surface area contributed by atoms with Crippen LogP contribution in [0.3, 0.4) is 0 Å². The van der Waals surface area contributed by atoms with Crippen molar-refractivity contribution >= 4 is 34.9 Å². The zero-order valence-corrected chi connectivity index (χ0v) is 17.5. The minimum atomic E-state index is -3.04. The highest BCUT2D eigenvalue weighted by Crippen LogP contribution is 2.32. The Balaban J connectivity index is 1.59. The lowest BCUT2D eigenvalue weighted by atomic mass is 10.2. The number of hydrogen-bond acceptors (Lipinski definition) is 6. The second kappa shape index (κ2) is 10.2. The quantitative estimate of drug-likeness (QED) is 0.594. The highest BCUT2D eigenvalue weighted by atomic mass is 32.2. The minimum Gasteiger partial charge on any atom is -0.493 e. The normalized spacial score (nSPS) is 14.9. The van der Waals surface area contributed by atoms with Crippen molar-refractivity contribution < 1.29 is 37.0 Å². The number of hydrogen-bond donors (Lipinski definition) is 1. The molecule has 0 saturated carbocycles. The molecule has 0 aromatic heterocycles. The van der Waals surface area contributed by atoms with Crippen molar-refractivity contribution in [1.29, 1.82) is 0 Å². The summed E-state index contributed by atoms with van der Waals surface area (Å²) in [7, 11) is 1.24. The highest BCUT2D eigenvalue weighted by molar-refractivity contribution is 8.18. The van der Waals surface area contributed by atoms with E-state index in [2.05, 4.69) is 10.1 Å². The topological polar surface area (TPSA) is 84.9 Å². The van der Waals surface area contributed by atoms with E-state index in [4.69, 9.17) is 4.74 Å². The number of methoxy groups -OCH3 is 1. The maximum Gasteiger partial charge on any atom is 0.387 e. The second-order valence-corrected chi connectivity index (χ2v) is 7.38. The van der Waals surface area contributed by atoms with Crippen molar-refractivity contribution in [3.63, 3.8) is 0 Å². The van der Waals surface area contributed by atoms with Crippen molar-refractivity contribution in [2.75, 3.05) is 20.2 Å². The number of carbonyl (C=O) groups is 3. The monoisotopic (exact) mass is 466 g/mol. The van der Waals surface area contributed by atoms with Gasteiger partial charge in [0.2, 0.25) is 0 Å². The van der Waals surface area contributed by atoms with Crippen LogP contribution in [-0.2, 0) is 4.79 Å². The second-order valence-electron chi connectivity index (χ2n) is 6.38. The Morgan fingerprint density at radius 2 is 1.88 bits per heavy atom. The molecule has 0 spiro atoms. The van der Waals surface area contributed by atoms with E-state index in [1.165, 1.54) is 55.7 Å². The number of rotatable bonds is 8. The molecule has 0 aliphatic carbocycles. The Morgan fingerprint density at radius 3 is 2.53 bits per heavy atom. The Hall–Kier alpha value is -3.47. The van der Waals surface area contributed by atoms with Gasteiger partial charge in [0.05, 0.1) is 12.0 Å². The van der Waals surface area contributed by atoms with Crippen molar-refractivity contribution in [2.45, 2.75) is 6.61 Å². The van der Waals surface area contributed by atoms with Gasteiger partial charge >= 0.3 is 6.61 Å². The van der Waals surface area contributed by atoms with Crippen LogP contribution in [0.1, 0.15) is 15.9 Å². The number of amides is 3. The molecule has 2 aromatic rings. The van der Waals surface area contributed by atoms with E-state index in [0.29, 0.717) is 5.56 Å². The van der Waals surface area contributed by atoms with Gasteiger partial charge < -0.3 is 14.8 Å². The number of nitrogens with one attached hydrogen (secondary N) is 1. The SMILES string of the molecule is COc1cc(C(=O)NCCN2C(=O)S/C(=C/c3ccc(F)cc3)C2=O)ccc1OC(F)F. The molecule has 7 nitrogen and oxygen atoms in total. The summed E-state index contributed by atoms with van der Waals surface area (Å²) in [5.41, 5.74) is 0.687. The van der Waals surface area contributed by atoms with E-state index < -0.39 is 29.5 Å². The fourth-order valence-corrected chi connectivity index (χ4v) is 3.65. The summed E-state index contributed by atoms with van der Waals surface area (Å²) in [6.07, 6.45) is 1.48. The first-order valence-corrected chi connectivity index (χ1v) is 10.0. The number of nitrogens with zero attached hydrogens (tertiary/aromatic N) is 1. The number of alkyl halides is 2. The van der Waals surface area contributed by atoms with Gasteiger partial charge in [-0.3, -0.25) is 19.3 Å². The lowest BCUT2D eigenvalue weighted by Gasteiger charge is -2.14. The summed E-state index contributed by atoms with van der Waals surface area (Å²) in [4.78, 5) is 38.1. The summed E-state index contributed by atoms with van der Waals surface area (Å²) in [6.45, 7) is -3.14. The summed E-state index contributed by atoms with van der Waals surface area (Å²) < 4.78 is 47.1. The first kappa shape index (κ1) is 23.2. The van der Waals surface area contributed by atoms with Crippen LogP contribution in [-0.4, -0.2) is 48.8 Å². The molecule has 2 aromatic carbocycles. The van der Waals surface area contributed by atoms with Gasteiger partial charge in [-0.05, 0) is 53.7 Å². The molecule has 1 aliphatic rings. The third-order valence-corrected chi connectivity index (χ3v) is 5.21. The first-order chi connectivity index (χ1) is 15.3. The lowest BCUT2D eigenvalue weighted by Crippen LogP contribution is -2.37. The van der Waals surface area contributed by atoms with Gasteiger partial charge in [0.15, 0.2) is 11.5 Å². The van der Waals surface area contributed by atoms with Crippen LogP contribution in [0, 0.1) is 5.82 Å². The Labute approximate surface area is 185 Å². The number of benzene rings is 2. The van der Waals surface area contributed by atoms with E-state index in [-0.39, 0.29) is 35.1 Å². The van der Waals surface area contributed by atoms with Crippen LogP contribution < -0.4 is 14.8 Å². The van der Waals surface area contributed by atoms with Gasteiger partial charge in [-0.15, -0.1) is 0 Å². The fourth-order valence-electron chi connectivity index (χ4n) is 2.79. The predicted octanol–water partition coefficient (Wildman–Crippen LogP) is 3.90. The molecule has 3 rings (SSSR count). The van der Waals surface area contributed by atoms with E-state index >= 15 is 0 Å². The van der Waals surface area contributed by atoms with Crippen LogP contribution in [0.25, 0.3) is 6.08 Å². The van der Waals surface area contributed by atoms with Crippen LogP contribution in [0.15, 0.2) is 47.4 Å². The van der Waals surface area contributed by atoms with Gasteiger partial charge in [-0.25, -0.2) is 4.39 Å². The van der Waals surface area contributed by atoms with E-state index in [1.807, 2.05) is 0 Å². The van der Waals surface area contributed by atoms with E-state index in [9.17, 15) is 27.6 Å². The zero-order chi connectivity index (χ0) is 23.3. The number of halogens is 3. The fraction of sp³-hybridized carbons (Fsp3) is 0.190. The molecule has 0 unspecified atom stereocenters. The first-order valence-electron chi connectivity index (χ1n) is 9.20. The van der Waals surface area contributed by atoms with Crippen LogP contribution in [0.4, 0.5) is 18.0 Å². The van der Waals surface area contributed by atoms with E-state index in [1.54, 1.807) is 0 Å². The summed E-state index contributed by atoms with van der Waals surface area (Å²) in [6, 6.07) is 9.14. The Bertz CT molecular complexity index is 1060. The number of thioether (sulfide) groups is 1. The number of ether oxygens (including phenoxy) is 2. The van der Waals surface area contributed by atoms with Gasteiger partial charge in [0, 0.05) is 18.7 Å². The molecular weight excluding hydrogens is 449 g/mol. The molecule has 32 heavy (non-hydrogen) atoms. The van der Waals surface area contributed by atoms with Crippen LogP contribution in [0.5, 0.6) is 11.5 Å². The Kier molecular flexibility index (Phi) is 7.41. The minimum absolute atomic E-state index is 0.0295. The third kappa shape index (κ3) is 5.61. The van der Waals surface area contributed by atoms with E-state index in [0.717, 1.165) is 16.7 Å². The van der Waals surface area contributed by atoms with Crippen molar-refractivity contribution in [1.82, 2.24) is 10.2 Å².